The second-order valence-corrected chi connectivity index (χ2v) is 10.1. The maximum atomic E-state index is 13.8. The van der Waals surface area contributed by atoms with Crippen molar-refractivity contribution >= 4 is 27.9 Å². The van der Waals surface area contributed by atoms with Gasteiger partial charge in [-0.2, -0.15) is 13.2 Å². The van der Waals surface area contributed by atoms with E-state index in [9.17, 15) is 18.0 Å². The quantitative estimate of drug-likeness (QED) is 0.321. The lowest BCUT2D eigenvalue weighted by atomic mass is 9.90. The van der Waals surface area contributed by atoms with Crippen LogP contribution >= 0.6 is 11.3 Å². The molecule has 0 bridgehead atoms. The third kappa shape index (κ3) is 6.48. The van der Waals surface area contributed by atoms with E-state index in [-0.39, 0.29) is 10.7 Å². The maximum Gasteiger partial charge on any atom is 0.417 e. The molecule has 2 heterocycles. The van der Waals surface area contributed by atoms with Crippen molar-refractivity contribution < 1.29 is 32.2 Å². The molecule has 10 heteroatoms. The zero-order chi connectivity index (χ0) is 26.5. The minimum atomic E-state index is -4.72. The fourth-order valence-corrected chi connectivity index (χ4v) is 5.29. The van der Waals surface area contributed by atoms with E-state index in [1.54, 1.807) is 23.6 Å². The second-order valence-electron chi connectivity index (χ2n) is 9.28. The topological polar surface area (TPSA) is 69.7 Å². The van der Waals surface area contributed by atoms with Crippen LogP contribution in [0.2, 0.25) is 0 Å². The molecule has 1 aliphatic carbocycles. The zero-order valence-electron chi connectivity index (χ0n) is 20.6. The van der Waals surface area contributed by atoms with Crippen LogP contribution in [0.5, 0.6) is 17.2 Å². The number of hydrogen-bond donors (Lipinski definition) is 1. The van der Waals surface area contributed by atoms with Gasteiger partial charge in [-0.3, -0.25) is 10.1 Å². The first-order valence-corrected chi connectivity index (χ1v) is 13.4. The fraction of sp³-hybridized carbons (Fsp3) is 0.357. The number of aromatic nitrogens is 1. The van der Waals surface area contributed by atoms with Crippen LogP contribution in [0.1, 0.15) is 37.7 Å². The van der Waals surface area contributed by atoms with E-state index in [0.29, 0.717) is 54.8 Å². The van der Waals surface area contributed by atoms with Gasteiger partial charge in [-0.15, -0.1) is 11.3 Å². The number of thiazole rings is 1. The van der Waals surface area contributed by atoms with Crippen LogP contribution < -0.4 is 19.5 Å². The van der Waals surface area contributed by atoms with Gasteiger partial charge in [0.05, 0.1) is 17.9 Å². The SMILES string of the molecule is O=C(/C=C(/c1ccc(OCC2CCCCC2)cc1)C(F)(F)F)Nc1nc(-c2ccc3c(c2)OCCO3)cs1. The summed E-state index contributed by atoms with van der Waals surface area (Å²) >= 11 is 1.12. The Morgan fingerprint density at radius 1 is 1.05 bits per heavy atom. The number of rotatable bonds is 7. The molecule has 6 nitrogen and oxygen atoms in total. The highest BCUT2D eigenvalue weighted by Gasteiger charge is 2.35. The average Bonchev–Trinajstić information content (AvgIpc) is 3.39. The number of carbonyl (C=O) groups is 1. The Morgan fingerprint density at radius 2 is 1.79 bits per heavy atom. The third-order valence-electron chi connectivity index (χ3n) is 6.53. The normalized spacial score (nSPS) is 16.2. The van der Waals surface area contributed by atoms with Crippen molar-refractivity contribution in [2.24, 2.45) is 5.92 Å². The molecule has 0 unspecified atom stereocenters. The van der Waals surface area contributed by atoms with Crippen molar-refractivity contribution in [3.63, 3.8) is 0 Å². The first-order chi connectivity index (χ1) is 18.3. The van der Waals surface area contributed by atoms with E-state index in [2.05, 4.69) is 10.3 Å². The summed E-state index contributed by atoms with van der Waals surface area (Å²) in [4.78, 5) is 16.9. The highest BCUT2D eigenvalue weighted by atomic mass is 32.1. The molecule has 0 saturated heterocycles. The number of halogens is 3. The van der Waals surface area contributed by atoms with Crippen molar-refractivity contribution in [2.45, 2.75) is 38.3 Å². The third-order valence-corrected chi connectivity index (χ3v) is 7.29. The van der Waals surface area contributed by atoms with Crippen LogP contribution in [0.4, 0.5) is 18.3 Å². The van der Waals surface area contributed by atoms with Crippen molar-refractivity contribution in [3.8, 4) is 28.5 Å². The second kappa shape index (κ2) is 11.5. The summed E-state index contributed by atoms with van der Waals surface area (Å²) < 4.78 is 58.4. The number of anilines is 1. The highest BCUT2D eigenvalue weighted by molar-refractivity contribution is 7.14. The van der Waals surface area contributed by atoms with Gasteiger partial charge >= 0.3 is 6.18 Å². The van der Waals surface area contributed by atoms with Gasteiger partial charge in [0, 0.05) is 17.0 Å². The summed E-state index contributed by atoms with van der Waals surface area (Å²) in [6.45, 7) is 1.48. The average molecular weight is 545 g/mol. The largest absolute Gasteiger partial charge is 0.493 e. The van der Waals surface area contributed by atoms with Gasteiger partial charge in [-0.25, -0.2) is 4.98 Å². The molecule has 5 rings (SSSR count). The van der Waals surface area contributed by atoms with Gasteiger partial charge in [0.1, 0.15) is 19.0 Å². The number of hydrogen-bond acceptors (Lipinski definition) is 6. The molecule has 1 aliphatic heterocycles. The molecule has 0 spiro atoms. The minimum absolute atomic E-state index is 0.117. The molecular formula is C28H27F3N2O4S. The number of amides is 1. The van der Waals surface area contributed by atoms with Gasteiger partial charge in [-0.05, 0) is 54.7 Å². The molecule has 200 valence electrons. The molecule has 2 aromatic carbocycles. The van der Waals surface area contributed by atoms with Crippen LogP contribution in [0.25, 0.3) is 16.8 Å². The Kier molecular flexibility index (Phi) is 7.87. The summed E-state index contributed by atoms with van der Waals surface area (Å²) in [6, 6.07) is 11.0. The number of nitrogens with one attached hydrogen (secondary N) is 1. The predicted octanol–water partition coefficient (Wildman–Crippen LogP) is 7.12. The lowest BCUT2D eigenvalue weighted by Crippen LogP contribution is -2.16. The fourth-order valence-electron chi connectivity index (χ4n) is 4.57. The van der Waals surface area contributed by atoms with Crippen molar-refractivity contribution in [1.29, 1.82) is 0 Å². The maximum absolute atomic E-state index is 13.8. The number of allylic oxidation sites excluding steroid dienone is 1. The Balaban J connectivity index is 1.25. The van der Waals surface area contributed by atoms with Gasteiger partial charge < -0.3 is 14.2 Å². The number of alkyl halides is 3. The Labute approximate surface area is 222 Å². The summed E-state index contributed by atoms with van der Waals surface area (Å²) in [5.74, 6) is 1.31. The molecule has 1 N–H and O–H groups in total. The van der Waals surface area contributed by atoms with Crippen LogP contribution in [0.15, 0.2) is 53.9 Å². The first-order valence-electron chi connectivity index (χ1n) is 12.5. The summed E-state index contributed by atoms with van der Waals surface area (Å²) in [5.41, 5.74) is 0.139. The lowest BCUT2D eigenvalue weighted by Gasteiger charge is -2.21. The number of benzene rings is 2. The summed E-state index contributed by atoms with van der Waals surface area (Å²) in [6.07, 6.45) is 1.70. The van der Waals surface area contributed by atoms with E-state index in [1.165, 1.54) is 43.5 Å². The highest BCUT2D eigenvalue weighted by Crippen LogP contribution is 2.37. The van der Waals surface area contributed by atoms with E-state index < -0.39 is 17.7 Å². The molecule has 1 fully saturated rings. The predicted molar refractivity (Wildman–Crippen MR) is 140 cm³/mol. The molecule has 3 aromatic rings. The zero-order valence-corrected chi connectivity index (χ0v) is 21.4. The van der Waals surface area contributed by atoms with Crippen molar-refractivity contribution in [3.05, 3.63) is 59.5 Å². The van der Waals surface area contributed by atoms with Crippen LogP contribution in [0.3, 0.4) is 0 Å². The molecular weight excluding hydrogens is 517 g/mol. The van der Waals surface area contributed by atoms with E-state index in [0.717, 1.165) is 29.7 Å². The number of carbonyl (C=O) groups excluding carboxylic acids is 1. The monoisotopic (exact) mass is 544 g/mol. The number of fused-ring (bicyclic) bond motifs is 1. The van der Waals surface area contributed by atoms with Crippen LogP contribution in [-0.2, 0) is 4.79 Å². The van der Waals surface area contributed by atoms with Crippen LogP contribution in [0, 0.1) is 5.92 Å². The van der Waals surface area contributed by atoms with Crippen LogP contribution in [-0.4, -0.2) is 36.9 Å². The Hall–Kier alpha value is -3.53. The standard InChI is InChI=1S/C28H27F3N2O4S/c29-28(30,31)22(19-6-9-21(10-7-19)37-16-18-4-2-1-3-5-18)15-26(34)33-27-32-23(17-38-27)20-8-11-24-25(14-20)36-13-12-35-24/h6-11,14-15,17-18H,1-5,12-13,16H2,(H,32,33,34)/b22-15-. The molecule has 2 aliphatic rings. The summed E-state index contributed by atoms with van der Waals surface area (Å²) in [5, 5.41) is 4.34. The minimum Gasteiger partial charge on any atom is -0.493 e. The van der Waals surface area contributed by atoms with Crippen molar-refractivity contribution in [2.75, 3.05) is 25.1 Å². The van der Waals surface area contributed by atoms with Gasteiger partial charge in [-0.1, -0.05) is 31.4 Å². The molecule has 38 heavy (non-hydrogen) atoms. The van der Waals surface area contributed by atoms with E-state index in [4.69, 9.17) is 14.2 Å². The Bertz CT molecular complexity index is 1300. The number of ether oxygens (including phenoxy) is 3. The molecule has 1 aromatic heterocycles. The van der Waals surface area contributed by atoms with Gasteiger partial charge in [0.15, 0.2) is 16.6 Å². The van der Waals surface area contributed by atoms with Gasteiger partial charge in [0.2, 0.25) is 0 Å². The van der Waals surface area contributed by atoms with E-state index in [1.807, 2.05) is 0 Å². The number of nitrogens with zero attached hydrogens (tertiary/aromatic N) is 1. The molecule has 0 atom stereocenters. The molecule has 1 amide bonds. The molecule has 0 radical (unpaired) electrons. The molecule has 1 saturated carbocycles. The summed E-state index contributed by atoms with van der Waals surface area (Å²) in [7, 11) is 0. The van der Waals surface area contributed by atoms with E-state index >= 15 is 0 Å². The van der Waals surface area contributed by atoms with Gasteiger partial charge in [0.25, 0.3) is 5.91 Å². The first kappa shape index (κ1) is 26.1. The lowest BCUT2D eigenvalue weighted by molar-refractivity contribution is -0.112. The Morgan fingerprint density at radius 3 is 2.53 bits per heavy atom. The van der Waals surface area contributed by atoms with Crippen molar-refractivity contribution in [1.82, 2.24) is 4.98 Å². The smallest absolute Gasteiger partial charge is 0.417 e.